The minimum atomic E-state index is -0.102. The molecule has 0 bridgehead atoms. The minimum absolute atomic E-state index is 0.0392. The van der Waals surface area contributed by atoms with Crippen LogP contribution >= 0.6 is 0 Å². The molecule has 1 heterocycles. The summed E-state index contributed by atoms with van der Waals surface area (Å²) in [6.45, 7) is 2.24. The van der Waals surface area contributed by atoms with Gasteiger partial charge in [-0.15, -0.1) is 0 Å². The number of carbonyl (C=O) groups is 2. The number of imide groups is 1. The lowest BCUT2D eigenvalue weighted by Gasteiger charge is -2.17. The molecule has 1 saturated heterocycles. The topological polar surface area (TPSA) is 63.4 Å². The predicted octanol–water partition coefficient (Wildman–Crippen LogP) is 1.59. The first-order chi connectivity index (χ1) is 10.1. The van der Waals surface area contributed by atoms with Crippen LogP contribution in [0.25, 0.3) is 0 Å². The van der Waals surface area contributed by atoms with Gasteiger partial charge in [0.1, 0.15) is 0 Å². The molecule has 2 atom stereocenters. The van der Waals surface area contributed by atoms with Gasteiger partial charge in [-0.25, -0.2) is 0 Å². The first-order valence-electron chi connectivity index (χ1n) is 7.31. The van der Waals surface area contributed by atoms with Gasteiger partial charge in [0.05, 0.1) is 24.1 Å². The summed E-state index contributed by atoms with van der Waals surface area (Å²) in [5.74, 6) is 5.52. The number of rotatable bonds is 1. The van der Waals surface area contributed by atoms with E-state index in [0.717, 1.165) is 30.4 Å². The molecule has 0 aromatic heterocycles. The van der Waals surface area contributed by atoms with Gasteiger partial charge in [0.25, 0.3) is 0 Å². The van der Waals surface area contributed by atoms with Crippen molar-refractivity contribution in [3.63, 3.8) is 0 Å². The summed E-state index contributed by atoms with van der Waals surface area (Å²) in [6, 6.07) is 5.50. The molecular weight excluding hydrogens is 264 g/mol. The number of carbonyl (C=O) groups excluding carboxylic acids is 2. The lowest BCUT2D eigenvalue weighted by atomic mass is 10.00. The van der Waals surface area contributed by atoms with E-state index in [9.17, 15) is 9.59 Å². The van der Waals surface area contributed by atoms with Gasteiger partial charge in [0.2, 0.25) is 11.8 Å². The highest BCUT2D eigenvalue weighted by Crippen LogP contribution is 2.41. The van der Waals surface area contributed by atoms with Gasteiger partial charge < -0.3 is 5.73 Å². The average molecular weight is 282 g/mol. The fraction of sp³-hybridized carbons (Fsp3) is 0.412. The summed E-state index contributed by atoms with van der Waals surface area (Å²) < 4.78 is 0. The fourth-order valence-corrected chi connectivity index (χ4v) is 3.32. The van der Waals surface area contributed by atoms with Crippen molar-refractivity contribution in [1.82, 2.24) is 0 Å². The molecule has 3 rings (SSSR count). The van der Waals surface area contributed by atoms with Crippen LogP contribution in [0.4, 0.5) is 5.69 Å². The molecule has 2 fully saturated rings. The largest absolute Gasteiger partial charge is 0.320 e. The van der Waals surface area contributed by atoms with E-state index in [1.54, 1.807) is 6.07 Å². The number of amides is 2. The van der Waals surface area contributed by atoms with Gasteiger partial charge in [-0.05, 0) is 43.5 Å². The van der Waals surface area contributed by atoms with E-state index >= 15 is 0 Å². The zero-order chi connectivity index (χ0) is 15.0. The maximum absolute atomic E-state index is 12.4. The Morgan fingerprint density at radius 2 is 1.90 bits per heavy atom. The molecule has 0 spiro atoms. The highest BCUT2D eigenvalue weighted by molar-refractivity contribution is 6.22. The highest BCUT2D eigenvalue weighted by atomic mass is 16.2. The third-order valence-electron chi connectivity index (χ3n) is 4.38. The maximum atomic E-state index is 12.4. The Bertz CT molecular complexity index is 647. The van der Waals surface area contributed by atoms with Crippen LogP contribution in [-0.4, -0.2) is 18.4 Å². The van der Waals surface area contributed by atoms with Crippen molar-refractivity contribution >= 4 is 17.5 Å². The zero-order valence-electron chi connectivity index (χ0n) is 12.1. The first kappa shape index (κ1) is 13.8. The summed E-state index contributed by atoms with van der Waals surface area (Å²) in [4.78, 5) is 26.2. The number of hydrogen-bond acceptors (Lipinski definition) is 3. The number of nitrogens with zero attached hydrogens (tertiary/aromatic N) is 1. The van der Waals surface area contributed by atoms with Gasteiger partial charge in [-0.1, -0.05) is 18.3 Å². The van der Waals surface area contributed by atoms with Crippen LogP contribution in [0.2, 0.25) is 0 Å². The molecule has 0 radical (unpaired) electrons. The number of benzene rings is 1. The number of hydrogen-bond donors (Lipinski definition) is 1. The van der Waals surface area contributed by atoms with Gasteiger partial charge >= 0.3 is 0 Å². The number of fused-ring (bicyclic) bond motifs is 1. The quantitative estimate of drug-likeness (QED) is 0.628. The molecule has 2 N–H and O–H groups in total. The molecule has 2 aliphatic rings. The van der Waals surface area contributed by atoms with Crippen LogP contribution in [0.3, 0.4) is 0 Å². The Kier molecular flexibility index (Phi) is 3.52. The van der Waals surface area contributed by atoms with Gasteiger partial charge in [-0.3, -0.25) is 14.5 Å². The van der Waals surface area contributed by atoms with Gasteiger partial charge in [-0.2, -0.15) is 0 Å². The highest BCUT2D eigenvalue weighted by Gasteiger charge is 2.50. The zero-order valence-corrected chi connectivity index (χ0v) is 12.1. The molecule has 1 aromatic rings. The van der Waals surface area contributed by atoms with Crippen molar-refractivity contribution in [3.05, 3.63) is 29.3 Å². The molecule has 108 valence electrons. The number of anilines is 1. The summed E-state index contributed by atoms with van der Waals surface area (Å²) >= 11 is 0. The standard InChI is InChI=1S/C17H18N2O2/c1-11-10-13(8-7-12(11)4-3-9-18)19-16(20)14-5-2-6-15(14)17(19)21/h7-8,10,14-15H,2,5-6,9,18H2,1H3. The van der Waals surface area contributed by atoms with Crippen LogP contribution in [-0.2, 0) is 9.59 Å². The van der Waals surface area contributed by atoms with Crippen LogP contribution in [0.1, 0.15) is 30.4 Å². The molecule has 1 aromatic carbocycles. The normalized spacial score (nSPS) is 24.0. The van der Waals surface area contributed by atoms with Crippen LogP contribution < -0.4 is 10.6 Å². The van der Waals surface area contributed by atoms with Crippen molar-refractivity contribution < 1.29 is 9.59 Å². The molecule has 2 amide bonds. The van der Waals surface area contributed by atoms with Crippen LogP contribution in [0, 0.1) is 30.6 Å². The van der Waals surface area contributed by atoms with E-state index in [1.165, 1.54) is 4.90 Å². The van der Waals surface area contributed by atoms with Crippen LogP contribution in [0.15, 0.2) is 18.2 Å². The average Bonchev–Trinajstić information content (AvgIpc) is 3.03. The number of aryl methyl sites for hydroxylation is 1. The van der Waals surface area contributed by atoms with Gasteiger partial charge in [0, 0.05) is 5.56 Å². The van der Waals surface area contributed by atoms with Crippen LogP contribution in [0.5, 0.6) is 0 Å². The Labute approximate surface area is 124 Å². The Balaban J connectivity index is 1.93. The van der Waals surface area contributed by atoms with E-state index < -0.39 is 0 Å². The summed E-state index contributed by atoms with van der Waals surface area (Å²) in [5, 5.41) is 0. The van der Waals surface area contributed by atoms with Crippen molar-refractivity contribution in [2.24, 2.45) is 17.6 Å². The second-order valence-corrected chi connectivity index (χ2v) is 5.66. The molecule has 2 unspecified atom stereocenters. The lowest BCUT2D eigenvalue weighted by Crippen LogP contribution is -2.31. The molecule has 4 nitrogen and oxygen atoms in total. The summed E-state index contributed by atoms with van der Waals surface area (Å²) in [5.41, 5.74) is 7.86. The third-order valence-corrected chi connectivity index (χ3v) is 4.38. The van der Waals surface area contributed by atoms with Crippen molar-refractivity contribution in [3.8, 4) is 11.8 Å². The molecule has 1 aliphatic heterocycles. The second-order valence-electron chi connectivity index (χ2n) is 5.66. The first-order valence-corrected chi connectivity index (χ1v) is 7.31. The fourth-order valence-electron chi connectivity index (χ4n) is 3.32. The molecular formula is C17H18N2O2. The Morgan fingerprint density at radius 3 is 2.48 bits per heavy atom. The van der Waals surface area contributed by atoms with Crippen molar-refractivity contribution in [1.29, 1.82) is 0 Å². The summed E-state index contributed by atoms with van der Waals surface area (Å²) in [7, 11) is 0. The molecule has 21 heavy (non-hydrogen) atoms. The maximum Gasteiger partial charge on any atom is 0.237 e. The summed E-state index contributed by atoms with van der Waals surface area (Å²) in [6.07, 6.45) is 2.66. The predicted molar refractivity (Wildman–Crippen MR) is 80.4 cm³/mol. The Morgan fingerprint density at radius 1 is 1.24 bits per heavy atom. The van der Waals surface area contributed by atoms with Crippen molar-refractivity contribution in [2.75, 3.05) is 11.4 Å². The Hall–Kier alpha value is -2.12. The smallest absolute Gasteiger partial charge is 0.237 e. The van der Waals surface area contributed by atoms with E-state index in [1.807, 2.05) is 19.1 Å². The monoisotopic (exact) mass is 282 g/mol. The van der Waals surface area contributed by atoms with E-state index in [-0.39, 0.29) is 23.7 Å². The minimum Gasteiger partial charge on any atom is -0.320 e. The third kappa shape index (κ3) is 2.24. The lowest BCUT2D eigenvalue weighted by molar-refractivity contribution is -0.122. The van der Waals surface area contributed by atoms with E-state index in [4.69, 9.17) is 5.73 Å². The van der Waals surface area contributed by atoms with E-state index in [2.05, 4.69) is 11.8 Å². The molecule has 1 aliphatic carbocycles. The second kappa shape index (κ2) is 5.34. The van der Waals surface area contributed by atoms with Crippen molar-refractivity contribution in [2.45, 2.75) is 26.2 Å². The molecule has 4 heteroatoms. The van der Waals surface area contributed by atoms with E-state index in [0.29, 0.717) is 12.2 Å². The molecule has 1 saturated carbocycles. The SMILES string of the molecule is Cc1cc(N2C(=O)C3CCCC3C2=O)ccc1C#CCN. The number of nitrogens with two attached hydrogens (primary N) is 1. The van der Waals surface area contributed by atoms with Gasteiger partial charge in [0.15, 0.2) is 0 Å².